The van der Waals surface area contributed by atoms with E-state index in [4.69, 9.17) is 0 Å². The fourth-order valence-corrected chi connectivity index (χ4v) is 4.99. The van der Waals surface area contributed by atoms with Gasteiger partial charge < -0.3 is 9.80 Å². The standard InChI is InChI=1S/C22H34N2O/c1-15-12-18-19(13-16(15)2)22(8-10-23(6)11-9-22)14-20(18)21(4,5)24(7)17(3)25/h12-13,20H,8-11,14H2,1-7H3. The first-order chi connectivity index (χ1) is 11.6. The van der Waals surface area contributed by atoms with Gasteiger partial charge in [0.25, 0.3) is 0 Å². The second kappa shape index (κ2) is 6.12. The Labute approximate surface area is 153 Å². The summed E-state index contributed by atoms with van der Waals surface area (Å²) in [6.07, 6.45) is 3.63. The zero-order chi connectivity index (χ0) is 18.6. The van der Waals surface area contributed by atoms with Crippen molar-refractivity contribution in [3.63, 3.8) is 0 Å². The molecule has 1 aliphatic heterocycles. The van der Waals surface area contributed by atoms with Gasteiger partial charge in [-0.3, -0.25) is 4.79 Å². The number of hydrogen-bond acceptors (Lipinski definition) is 2. The third kappa shape index (κ3) is 2.91. The molecule has 1 aromatic rings. The average Bonchev–Trinajstić information content (AvgIpc) is 2.85. The second-order valence-electron chi connectivity index (χ2n) is 9.10. The molecule has 1 saturated heterocycles. The first-order valence-corrected chi connectivity index (χ1v) is 9.63. The summed E-state index contributed by atoms with van der Waals surface area (Å²) in [5, 5.41) is 0. The molecule has 1 fully saturated rings. The maximum atomic E-state index is 12.1. The SMILES string of the molecule is CC(=O)N(C)C(C)(C)C1CC2(CCN(C)CC2)c2cc(C)c(C)cc21. The molecule has 3 nitrogen and oxygen atoms in total. The lowest BCUT2D eigenvalue weighted by Crippen LogP contribution is -2.48. The minimum absolute atomic E-state index is 0.153. The lowest BCUT2D eigenvalue weighted by atomic mass is 9.71. The van der Waals surface area contributed by atoms with Crippen LogP contribution in [-0.2, 0) is 10.2 Å². The molecular formula is C22H34N2O. The van der Waals surface area contributed by atoms with Crippen molar-refractivity contribution < 1.29 is 4.79 Å². The van der Waals surface area contributed by atoms with Gasteiger partial charge >= 0.3 is 0 Å². The number of rotatable bonds is 2. The van der Waals surface area contributed by atoms with Crippen molar-refractivity contribution in [1.82, 2.24) is 9.80 Å². The van der Waals surface area contributed by atoms with E-state index in [1.165, 1.54) is 49.0 Å². The number of nitrogens with zero attached hydrogens (tertiary/aromatic N) is 2. The van der Waals surface area contributed by atoms with Crippen molar-refractivity contribution in [2.24, 2.45) is 0 Å². The molecule has 1 atom stereocenters. The van der Waals surface area contributed by atoms with E-state index in [0.29, 0.717) is 11.3 Å². The molecule has 0 saturated carbocycles. The Morgan fingerprint density at radius 3 is 2.32 bits per heavy atom. The fourth-order valence-electron chi connectivity index (χ4n) is 4.99. The van der Waals surface area contributed by atoms with Crippen molar-refractivity contribution in [2.75, 3.05) is 27.2 Å². The average molecular weight is 343 g/mol. The lowest BCUT2D eigenvalue weighted by Gasteiger charge is -2.43. The Bertz CT molecular complexity index is 684. The number of carbonyl (C=O) groups excluding carboxylic acids is 1. The van der Waals surface area contributed by atoms with Crippen molar-refractivity contribution in [3.8, 4) is 0 Å². The molecule has 0 aromatic heterocycles. The largest absolute Gasteiger partial charge is 0.340 e. The molecule has 1 amide bonds. The predicted octanol–water partition coefficient (Wildman–Crippen LogP) is 4.01. The Morgan fingerprint density at radius 2 is 1.76 bits per heavy atom. The normalized spacial score (nSPS) is 22.9. The maximum Gasteiger partial charge on any atom is 0.219 e. The predicted molar refractivity (Wildman–Crippen MR) is 104 cm³/mol. The zero-order valence-electron chi connectivity index (χ0n) is 17.1. The van der Waals surface area contributed by atoms with E-state index in [9.17, 15) is 4.79 Å². The highest BCUT2D eigenvalue weighted by atomic mass is 16.2. The van der Waals surface area contributed by atoms with Crippen LogP contribution in [0.1, 0.15) is 68.2 Å². The number of carbonyl (C=O) groups is 1. The Balaban J connectivity index is 2.09. The third-order valence-electron chi connectivity index (χ3n) is 7.34. The number of likely N-dealkylation sites (N-methyl/N-ethyl adjacent to an activating group) is 1. The second-order valence-corrected chi connectivity index (χ2v) is 9.10. The minimum atomic E-state index is -0.171. The molecule has 1 unspecified atom stereocenters. The summed E-state index contributed by atoms with van der Waals surface area (Å²) < 4.78 is 0. The maximum absolute atomic E-state index is 12.1. The number of fused-ring (bicyclic) bond motifs is 2. The van der Waals surface area contributed by atoms with Crippen LogP contribution in [0.3, 0.4) is 0 Å². The van der Waals surface area contributed by atoms with Gasteiger partial charge in [-0.2, -0.15) is 0 Å². The van der Waals surface area contributed by atoms with Gasteiger partial charge in [0.15, 0.2) is 0 Å². The molecule has 1 heterocycles. The van der Waals surface area contributed by atoms with Gasteiger partial charge in [-0.15, -0.1) is 0 Å². The van der Waals surface area contributed by atoms with Gasteiger partial charge in [0, 0.05) is 25.4 Å². The molecule has 0 radical (unpaired) electrons. The van der Waals surface area contributed by atoms with Crippen LogP contribution in [0.2, 0.25) is 0 Å². The van der Waals surface area contributed by atoms with E-state index < -0.39 is 0 Å². The van der Waals surface area contributed by atoms with Crippen molar-refractivity contribution >= 4 is 5.91 Å². The summed E-state index contributed by atoms with van der Waals surface area (Å²) in [6.45, 7) is 13.0. The molecule has 0 bridgehead atoms. The van der Waals surface area contributed by atoms with Crippen LogP contribution in [-0.4, -0.2) is 48.4 Å². The molecule has 1 aromatic carbocycles. The smallest absolute Gasteiger partial charge is 0.219 e. The summed E-state index contributed by atoms with van der Waals surface area (Å²) in [5.41, 5.74) is 5.95. The summed E-state index contributed by atoms with van der Waals surface area (Å²) in [4.78, 5) is 16.5. The number of amides is 1. The van der Waals surface area contributed by atoms with E-state index in [2.05, 4.69) is 51.8 Å². The van der Waals surface area contributed by atoms with Gasteiger partial charge in [-0.05, 0) is 94.8 Å². The Kier molecular flexibility index (Phi) is 4.51. The third-order valence-corrected chi connectivity index (χ3v) is 7.34. The lowest BCUT2D eigenvalue weighted by molar-refractivity contribution is -0.133. The fraction of sp³-hybridized carbons (Fsp3) is 0.682. The van der Waals surface area contributed by atoms with Crippen molar-refractivity contribution in [2.45, 2.75) is 70.8 Å². The van der Waals surface area contributed by atoms with Crippen LogP contribution < -0.4 is 0 Å². The summed E-state index contributed by atoms with van der Waals surface area (Å²) in [5.74, 6) is 0.554. The van der Waals surface area contributed by atoms with Gasteiger partial charge in [0.2, 0.25) is 5.91 Å². The zero-order valence-corrected chi connectivity index (χ0v) is 17.1. The summed E-state index contributed by atoms with van der Waals surface area (Å²) in [7, 11) is 4.19. The number of piperidine rings is 1. The van der Waals surface area contributed by atoms with Crippen LogP contribution in [0.15, 0.2) is 12.1 Å². The topological polar surface area (TPSA) is 23.6 Å². The molecule has 25 heavy (non-hydrogen) atoms. The number of likely N-dealkylation sites (tertiary alicyclic amines) is 1. The van der Waals surface area contributed by atoms with Crippen LogP contribution in [0.4, 0.5) is 0 Å². The van der Waals surface area contributed by atoms with E-state index in [0.717, 1.165) is 0 Å². The highest BCUT2D eigenvalue weighted by Crippen LogP contribution is 2.56. The Morgan fingerprint density at radius 1 is 1.20 bits per heavy atom. The van der Waals surface area contributed by atoms with E-state index in [1.54, 1.807) is 12.5 Å². The van der Waals surface area contributed by atoms with Gasteiger partial charge in [-0.1, -0.05) is 12.1 Å². The quantitative estimate of drug-likeness (QED) is 0.811. The summed E-state index contributed by atoms with van der Waals surface area (Å²) >= 11 is 0. The molecule has 1 aliphatic carbocycles. The molecule has 3 rings (SSSR count). The van der Waals surface area contributed by atoms with Crippen LogP contribution in [0, 0.1) is 13.8 Å². The van der Waals surface area contributed by atoms with Crippen molar-refractivity contribution in [3.05, 3.63) is 34.4 Å². The minimum Gasteiger partial charge on any atom is -0.340 e. The number of hydrogen-bond donors (Lipinski definition) is 0. The van der Waals surface area contributed by atoms with Gasteiger partial charge in [-0.25, -0.2) is 0 Å². The van der Waals surface area contributed by atoms with E-state index >= 15 is 0 Å². The molecule has 1 spiro atoms. The molecular weight excluding hydrogens is 308 g/mol. The first-order valence-electron chi connectivity index (χ1n) is 9.63. The first kappa shape index (κ1) is 18.4. The van der Waals surface area contributed by atoms with Crippen LogP contribution in [0.5, 0.6) is 0 Å². The Hall–Kier alpha value is -1.35. The van der Waals surface area contributed by atoms with Crippen molar-refractivity contribution in [1.29, 1.82) is 0 Å². The molecule has 3 heteroatoms. The number of aryl methyl sites for hydroxylation is 2. The summed E-state index contributed by atoms with van der Waals surface area (Å²) in [6, 6.07) is 4.87. The van der Waals surface area contributed by atoms with Gasteiger partial charge in [0.05, 0.1) is 0 Å². The molecule has 138 valence electrons. The van der Waals surface area contributed by atoms with Crippen LogP contribution >= 0.6 is 0 Å². The number of benzene rings is 1. The van der Waals surface area contributed by atoms with E-state index in [1.807, 2.05) is 11.9 Å². The highest BCUT2D eigenvalue weighted by molar-refractivity contribution is 5.74. The van der Waals surface area contributed by atoms with Gasteiger partial charge in [0.1, 0.15) is 0 Å². The van der Waals surface area contributed by atoms with Crippen LogP contribution in [0.25, 0.3) is 0 Å². The molecule has 2 aliphatic rings. The molecule has 0 N–H and O–H groups in total. The monoisotopic (exact) mass is 342 g/mol. The highest BCUT2D eigenvalue weighted by Gasteiger charge is 2.50. The van der Waals surface area contributed by atoms with E-state index in [-0.39, 0.29) is 11.4 Å².